The van der Waals surface area contributed by atoms with Crippen LogP contribution in [0.4, 0.5) is 0 Å². The molecule has 20 atom stereocenters. The average Bonchev–Trinajstić information content (AvgIpc) is 1.71. The van der Waals surface area contributed by atoms with Crippen molar-refractivity contribution >= 4 is 137 Å². The molecule has 1 aliphatic heterocycles. The summed E-state index contributed by atoms with van der Waals surface area (Å²) in [5.41, 5.74) is 28.4. The highest BCUT2D eigenvalue weighted by atomic mass is 32.1. The molecule has 47 nitrogen and oxygen atoms in total. The third-order valence-corrected chi connectivity index (χ3v) is 21.5. The summed E-state index contributed by atoms with van der Waals surface area (Å²) in [4.78, 5) is 285. The van der Waals surface area contributed by atoms with Crippen LogP contribution in [0.3, 0.4) is 0 Å². The summed E-state index contributed by atoms with van der Waals surface area (Å²) in [6.07, 6.45) is -3.68. The number of carboxylic acid groups (broad SMARTS) is 3. The summed E-state index contributed by atoms with van der Waals surface area (Å²) in [5, 5.41) is 86.1. The molecule has 0 bridgehead atoms. The van der Waals surface area contributed by atoms with Crippen LogP contribution < -0.4 is 108 Å². The number of carbonyl (C=O) groups is 21. The number of nitrogens with zero attached hydrogens (tertiary/aromatic N) is 1. The second kappa shape index (κ2) is 59.3. The Hall–Kier alpha value is -11.0. The first-order valence-electron chi connectivity index (χ1n) is 43.5. The van der Waals surface area contributed by atoms with E-state index in [4.69, 9.17) is 28.7 Å². The monoisotopic (exact) mass is 1860 g/mol. The molecule has 0 aromatic heterocycles. The van der Waals surface area contributed by atoms with E-state index in [1.165, 1.54) is 18.7 Å². The molecule has 732 valence electrons. The molecule has 0 spiro atoms. The molecule has 1 heterocycles. The summed E-state index contributed by atoms with van der Waals surface area (Å²) in [5.74, 6) is -25.9. The van der Waals surface area contributed by atoms with Gasteiger partial charge < -0.3 is 139 Å². The zero-order valence-electron chi connectivity index (χ0n) is 75.8. The van der Waals surface area contributed by atoms with E-state index >= 15 is 0 Å². The Morgan fingerprint density at radius 3 is 1.16 bits per heavy atom. The fraction of sp³-hybridized carbons (Fsp3) is 0.741. The largest absolute Gasteiger partial charge is 0.481 e. The maximum atomic E-state index is 14.5. The zero-order chi connectivity index (χ0) is 98.6. The molecule has 0 aromatic rings. The predicted molar refractivity (Wildman–Crippen MR) is 468 cm³/mol. The van der Waals surface area contributed by atoms with Crippen LogP contribution in [0, 0.1) is 29.6 Å². The van der Waals surface area contributed by atoms with E-state index in [1.54, 1.807) is 48.5 Å². The van der Waals surface area contributed by atoms with E-state index in [-0.39, 0.29) is 69.9 Å². The number of carbonyl (C=O) groups excluding carboxylic acids is 18. The summed E-state index contributed by atoms with van der Waals surface area (Å²) in [7, 11) is 0. The van der Waals surface area contributed by atoms with Crippen LogP contribution in [0.15, 0.2) is 0 Å². The van der Waals surface area contributed by atoms with Crippen molar-refractivity contribution in [2.45, 2.75) is 321 Å². The lowest BCUT2D eigenvalue weighted by molar-refractivity contribution is -0.144. The molecule has 0 aliphatic carbocycles. The van der Waals surface area contributed by atoms with Gasteiger partial charge in [0.05, 0.1) is 31.6 Å². The van der Waals surface area contributed by atoms with Crippen LogP contribution >= 0.6 is 12.6 Å². The van der Waals surface area contributed by atoms with Crippen molar-refractivity contribution in [2.75, 3.05) is 32.0 Å². The molecule has 30 N–H and O–H groups in total. The first-order chi connectivity index (χ1) is 60.3. The van der Waals surface area contributed by atoms with Crippen LogP contribution in [0.25, 0.3) is 0 Å². The third kappa shape index (κ3) is 42.4. The first-order valence-corrected chi connectivity index (χ1v) is 44.1. The predicted octanol–water partition coefficient (Wildman–Crippen LogP) is -7.03. The Labute approximate surface area is 755 Å². The van der Waals surface area contributed by atoms with E-state index in [2.05, 4.69) is 92.4 Å². The van der Waals surface area contributed by atoms with Gasteiger partial charge in [0.2, 0.25) is 106 Å². The van der Waals surface area contributed by atoms with Crippen molar-refractivity contribution < 1.29 is 126 Å². The number of aliphatic hydroxyl groups excluding tert-OH is 2. The molecule has 0 radical (unpaired) electrons. The number of nitrogens with one attached hydrogen (secondary N) is 15. The standard InChI is InChI=1S/C81H141N21O26S/c1-14-41(9)62(99-73(119)51(32-39(5)6)93-75(121)55(36-103)97-66(112)44(12)88-71(117)52(34-58(85)105)95-77(123)57-23-20-30-102(57)80(126)63(42(10)15-2)100-74(120)50(31-38(3)4)92-67(113)46(84)21-16-18-28-82)78(124)91-49(25-27-61(109)110)69(115)94-53(35-59(86)106)72(118)98-56(37-129)76(122)101-64(45(13)104)79(125)90-47(22-17-19-29-83)68(114)87-43(11)65(111)89-48(24-26-60(107)108)70(116)96-54(81(127)128)33-40(7)8/h38-57,62-64,103-104,129H,14-37,82-84H2,1-13H3,(H2,85,105)(H2,86,106)(H,87,114)(H,88,117)(H,89,111)(H,90,125)(H,91,124)(H,92,113)(H,93,121)(H,94,115)(H,95,123)(H,96,116)(H,97,112)(H,98,118)(H,99,119)(H,100,120)(H,101,122)(H,107,108)(H,109,110)(H,127,128)/t41-,42-,43-,44-,45+,46-,47-,48-,49-,50-,51-,52-,53-,54-,55-,56-,57-,62-,63-,64-/m0/s1. The van der Waals surface area contributed by atoms with Gasteiger partial charge in [-0.25, -0.2) is 4.79 Å². The number of hydrogen-bond donors (Lipinski definition) is 26. The number of primary amides is 2. The molecule has 48 heteroatoms. The van der Waals surface area contributed by atoms with E-state index < -0.39 is 302 Å². The number of hydrogen-bond acceptors (Lipinski definition) is 27. The van der Waals surface area contributed by atoms with Gasteiger partial charge in [0, 0.05) is 25.1 Å². The first kappa shape index (κ1) is 116. The molecule has 0 saturated carbocycles. The fourth-order valence-corrected chi connectivity index (χ4v) is 13.6. The molecule has 1 fully saturated rings. The smallest absolute Gasteiger partial charge is 0.326 e. The lowest BCUT2D eigenvalue weighted by Gasteiger charge is -2.33. The molecule has 18 amide bonds. The highest BCUT2D eigenvalue weighted by molar-refractivity contribution is 7.80. The van der Waals surface area contributed by atoms with Gasteiger partial charge in [-0.3, -0.25) is 95.9 Å². The normalized spacial score (nSPS) is 16.9. The molecular weight excluding hydrogens is 1720 g/mol. The molecular formula is C81H141N21O26S. The van der Waals surface area contributed by atoms with Crippen LogP contribution in [0.2, 0.25) is 0 Å². The van der Waals surface area contributed by atoms with Crippen LogP contribution in [-0.2, 0) is 101 Å². The summed E-state index contributed by atoms with van der Waals surface area (Å²) >= 11 is 4.15. The number of unbranched alkanes of at least 4 members (excludes halogenated alkanes) is 2. The summed E-state index contributed by atoms with van der Waals surface area (Å²) in [6, 6.07) is -26.7. The Morgan fingerprint density at radius 2 is 0.729 bits per heavy atom. The zero-order valence-corrected chi connectivity index (χ0v) is 76.7. The number of rotatable bonds is 63. The topological polar surface area (TPSA) is 773 Å². The van der Waals surface area contributed by atoms with E-state index in [9.17, 15) is 126 Å². The quantitative estimate of drug-likeness (QED) is 0.0199. The fourth-order valence-electron chi connectivity index (χ4n) is 13.3. The van der Waals surface area contributed by atoms with E-state index in [1.807, 2.05) is 13.8 Å². The van der Waals surface area contributed by atoms with Gasteiger partial charge in [-0.05, 0) is 141 Å². The molecule has 0 aromatic carbocycles. The van der Waals surface area contributed by atoms with Crippen molar-refractivity contribution in [1.82, 2.24) is 84.7 Å². The summed E-state index contributed by atoms with van der Waals surface area (Å²) in [6.45, 7) is 19.7. The minimum atomic E-state index is -2.04. The van der Waals surface area contributed by atoms with Gasteiger partial charge >= 0.3 is 17.9 Å². The van der Waals surface area contributed by atoms with Gasteiger partial charge in [0.1, 0.15) is 96.7 Å². The number of likely N-dealkylation sites (tertiary alicyclic amines) is 1. The minimum Gasteiger partial charge on any atom is -0.481 e. The maximum Gasteiger partial charge on any atom is 0.326 e. The SMILES string of the molecule is CC[C@H](C)[C@H](NC(=O)[C@H](CC(C)C)NC(=O)[C@H](CO)NC(=O)[C@H](C)NC(=O)[C@H](CC(N)=O)NC(=O)[C@@H]1CCCN1C(=O)[C@@H](NC(=O)[C@H](CC(C)C)NC(=O)[C@@H](N)CCCCN)[C@@H](C)CC)C(=O)N[C@@H](CCC(=O)O)C(=O)N[C@@H](CC(N)=O)C(=O)N[C@@H](CS)C(=O)N[C@H](C(=O)N[C@@H](CCCCN)C(=O)N[C@@H](C)C(=O)N[C@@H](CCC(=O)O)C(=O)N[C@@H](CC(C)C)C(=O)O)[C@@H](C)O. The van der Waals surface area contributed by atoms with Gasteiger partial charge in [0.25, 0.3) is 0 Å². The molecule has 0 unspecified atom stereocenters. The van der Waals surface area contributed by atoms with E-state index in [0.717, 1.165) is 13.8 Å². The number of thiol groups is 1. The van der Waals surface area contributed by atoms with Crippen LogP contribution in [0.1, 0.15) is 212 Å². The Bertz CT molecular complexity index is 3820. The maximum absolute atomic E-state index is 14.5. The number of carboxylic acids is 3. The van der Waals surface area contributed by atoms with Crippen LogP contribution in [0.5, 0.6) is 0 Å². The Kier molecular flexibility index (Phi) is 53.3. The molecule has 1 aliphatic rings. The average molecular weight is 1860 g/mol. The Morgan fingerprint density at radius 1 is 0.388 bits per heavy atom. The lowest BCUT2D eigenvalue weighted by Crippen LogP contribution is -2.62. The highest BCUT2D eigenvalue weighted by Gasteiger charge is 2.44. The van der Waals surface area contributed by atoms with Gasteiger partial charge in [-0.2, -0.15) is 12.6 Å². The number of nitrogens with two attached hydrogens (primary N) is 5. The van der Waals surface area contributed by atoms with Gasteiger partial charge in [0.15, 0.2) is 0 Å². The minimum absolute atomic E-state index is 0.0225. The number of aliphatic hydroxyl groups is 2. The van der Waals surface area contributed by atoms with Crippen molar-refractivity contribution in [1.29, 1.82) is 0 Å². The lowest BCUT2D eigenvalue weighted by atomic mass is 9.95. The van der Waals surface area contributed by atoms with Crippen molar-refractivity contribution in [3.05, 3.63) is 0 Å². The molecule has 129 heavy (non-hydrogen) atoms. The molecule has 1 rings (SSSR count). The number of aliphatic carboxylic acids is 3. The van der Waals surface area contributed by atoms with Gasteiger partial charge in [-0.1, -0.05) is 88.5 Å². The van der Waals surface area contributed by atoms with E-state index in [0.29, 0.717) is 45.1 Å². The third-order valence-electron chi connectivity index (χ3n) is 21.1. The highest BCUT2D eigenvalue weighted by Crippen LogP contribution is 2.24. The van der Waals surface area contributed by atoms with Crippen molar-refractivity contribution in [2.24, 2.45) is 58.3 Å². The van der Waals surface area contributed by atoms with Gasteiger partial charge in [-0.15, -0.1) is 0 Å². The van der Waals surface area contributed by atoms with Crippen molar-refractivity contribution in [3.8, 4) is 0 Å². The second-order valence-corrected chi connectivity index (χ2v) is 34.1. The Balaban J connectivity index is 3.48. The van der Waals surface area contributed by atoms with Crippen molar-refractivity contribution in [3.63, 3.8) is 0 Å². The molecule has 1 saturated heterocycles. The second-order valence-electron chi connectivity index (χ2n) is 33.7. The summed E-state index contributed by atoms with van der Waals surface area (Å²) < 4.78 is 0. The van der Waals surface area contributed by atoms with Crippen LogP contribution in [-0.4, -0.2) is 295 Å². The number of amides is 18.